The Bertz CT molecular complexity index is 337. The lowest BCUT2D eigenvalue weighted by Gasteiger charge is -2.02. The minimum absolute atomic E-state index is 0.0145. The van der Waals surface area contributed by atoms with Crippen LogP contribution in [0.4, 0.5) is 0 Å². The molecule has 0 saturated carbocycles. The lowest BCUT2D eigenvalue weighted by atomic mass is 10.2. The van der Waals surface area contributed by atoms with Crippen LogP contribution < -0.4 is 5.32 Å². The second kappa shape index (κ2) is 6.54. The predicted octanol–water partition coefficient (Wildman–Crippen LogP) is -0.0168. The van der Waals surface area contributed by atoms with Gasteiger partial charge in [0.2, 0.25) is 5.91 Å². The molecule has 0 unspecified atom stereocenters. The standard InChI is InChI=1S/C9H13N3O4/c13-8(2-1-3-9(14)15)10-5-4-7-6-11-16-12-7/h6H,1-5H2,(H,10,13)(H,14,15). The van der Waals surface area contributed by atoms with Gasteiger partial charge in [-0.05, 0) is 6.42 Å². The van der Waals surface area contributed by atoms with Crippen molar-refractivity contribution in [1.29, 1.82) is 0 Å². The van der Waals surface area contributed by atoms with Gasteiger partial charge in [-0.15, -0.1) is 0 Å². The molecule has 1 aromatic heterocycles. The minimum atomic E-state index is -0.888. The van der Waals surface area contributed by atoms with Gasteiger partial charge in [-0.2, -0.15) is 0 Å². The van der Waals surface area contributed by atoms with Crippen molar-refractivity contribution in [3.05, 3.63) is 11.9 Å². The summed E-state index contributed by atoms with van der Waals surface area (Å²) < 4.78 is 4.39. The van der Waals surface area contributed by atoms with Crippen molar-refractivity contribution >= 4 is 11.9 Å². The molecule has 2 N–H and O–H groups in total. The van der Waals surface area contributed by atoms with Crippen LogP contribution in [0.25, 0.3) is 0 Å². The molecule has 7 nitrogen and oxygen atoms in total. The van der Waals surface area contributed by atoms with Crippen LogP contribution >= 0.6 is 0 Å². The summed E-state index contributed by atoms with van der Waals surface area (Å²) in [4.78, 5) is 21.4. The lowest BCUT2D eigenvalue weighted by Crippen LogP contribution is -2.25. The molecule has 1 heterocycles. The molecule has 0 atom stereocenters. The number of hydrogen-bond acceptors (Lipinski definition) is 5. The summed E-state index contributed by atoms with van der Waals surface area (Å²) in [5.74, 6) is -1.04. The molecule has 7 heteroatoms. The van der Waals surface area contributed by atoms with E-state index in [1.54, 1.807) is 0 Å². The highest BCUT2D eigenvalue weighted by molar-refractivity contribution is 5.76. The topological polar surface area (TPSA) is 105 Å². The number of carbonyl (C=O) groups is 2. The minimum Gasteiger partial charge on any atom is -0.481 e. The molecule has 0 bridgehead atoms. The highest BCUT2D eigenvalue weighted by Crippen LogP contribution is 1.95. The zero-order chi connectivity index (χ0) is 11.8. The van der Waals surface area contributed by atoms with Gasteiger partial charge in [-0.25, -0.2) is 4.63 Å². The number of hydrogen-bond donors (Lipinski definition) is 2. The molecule has 16 heavy (non-hydrogen) atoms. The normalized spacial score (nSPS) is 10.0. The maximum Gasteiger partial charge on any atom is 0.303 e. The SMILES string of the molecule is O=C(O)CCCC(=O)NCCc1cnon1. The number of amides is 1. The van der Waals surface area contributed by atoms with Gasteiger partial charge in [0.1, 0.15) is 5.69 Å². The molecule has 0 aliphatic heterocycles. The van der Waals surface area contributed by atoms with Gasteiger partial charge in [0.05, 0.1) is 6.20 Å². The fraction of sp³-hybridized carbons (Fsp3) is 0.556. The number of carboxylic acids is 1. The Balaban J connectivity index is 2.04. The largest absolute Gasteiger partial charge is 0.481 e. The first-order valence-electron chi connectivity index (χ1n) is 4.93. The van der Waals surface area contributed by atoms with Gasteiger partial charge >= 0.3 is 5.97 Å². The summed E-state index contributed by atoms with van der Waals surface area (Å²) in [5, 5.41) is 18.0. The molecule has 0 saturated heterocycles. The summed E-state index contributed by atoms with van der Waals surface area (Å²) in [7, 11) is 0. The van der Waals surface area contributed by atoms with E-state index in [0.717, 1.165) is 0 Å². The molecule has 0 radical (unpaired) electrons. The first-order chi connectivity index (χ1) is 7.68. The van der Waals surface area contributed by atoms with Crippen LogP contribution in [0, 0.1) is 0 Å². The van der Waals surface area contributed by atoms with E-state index in [1.165, 1.54) is 6.20 Å². The first-order valence-corrected chi connectivity index (χ1v) is 4.93. The van der Waals surface area contributed by atoms with E-state index in [-0.39, 0.29) is 18.7 Å². The van der Waals surface area contributed by atoms with E-state index in [4.69, 9.17) is 5.11 Å². The van der Waals surface area contributed by atoms with Gasteiger partial charge in [-0.3, -0.25) is 9.59 Å². The Kier molecular flexibility index (Phi) is 4.97. The summed E-state index contributed by atoms with van der Waals surface area (Å²) >= 11 is 0. The number of carboxylic acid groups (broad SMARTS) is 1. The molecular weight excluding hydrogens is 214 g/mol. The fourth-order valence-electron chi connectivity index (χ4n) is 1.11. The molecular formula is C9H13N3O4. The van der Waals surface area contributed by atoms with Crippen LogP contribution in [0.1, 0.15) is 25.0 Å². The van der Waals surface area contributed by atoms with Gasteiger partial charge in [0.15, 0.2) is 0 Å². The van der Waals surface area contributed by atoms with Crippen molar-refractivity contribution in [2.75, 3.05) is 6.54 Å². The average molecular weight is 227 g/mol. The Morgan fingerprint density at radius 3 is 2.88 bits per heavy atom. The average Bonchev–Trinajstić information content (AvgIpc) is 2.70. The Morgan fingerprint density at radius 2 is 2.25 bits per heavy atom. The van der Waals surface area contributed by atoms with Crippen molar-refractivity contribution in [2.24, 2.45) is 0 Å². The second-order valence-electron chi connectivity index (χ2n) is 3.25. The highest BCUT2D eigenvalue weighted by Gasteiger charge is 2.04. The van der Waals surface area contributed by atoms with Crippen LogP contribution in [0.2, 0.25) is 0 Å². The third-order valence-corrected chi connectivity index (χ3v) is 1.90. The van der Waals surface area contributed by atoms with Gasteiger partial charge in [0.25, 0.3) is 0 Å². The molecule has 1 aromatic rings. The van der Waals surface area contributed by atoms with Gasteiger partial charge in [0, 0.05) is 25.8 Å². The number of aliphatic carboxylic acids is 1. The fourth-order valence-corrected chi connectivity index (χ4v) is 1.11. The zero-order valence-electron chi connectivity index (χ0n) is 8.68. The zero-order valence-corrected chi connectivity index (χ0v) is 8.68. The molecule has 0 aliphatic rings. The van der Waals surface area contributed by atoms with Crippen molar-refractivity contribution in [1.82, 2.24) is 15.6 Å². The summed E-state index contributed by atoms with van der Waals surface area (Å²) in [6.45, 7) is 0.445. The van der Waals surface area contributed by atoms with Gasteiger partial charge in [-0.1, -0.05) is 10.3 Å². The van der Waals surface area contributed by atoms with Crippen LogP contribution in [-0.4, -0.2) is 33.8 Å². The summed E-state index contributed by atoms with van der Waals surface area (Å²) in [6.07, 6.45) is 2.63. The molecule has 1 rings (SSSR count). The molecule has 1 amide bonds. The smallest absolute Gasteiger partial charge is 0.303 e. The third-order valence-electron chi connectivity index (χ3n) is 1.90. The monoisotopic (exact) mass is 227 g/mol. The van der Waals surface area contributed by atoms with E-state index in [1.807, 2.05) is 0 Å². The summed E-state index contributed by atoms with van der Waals surface area (Å²) in [5.41, 5.74) is 0.672. The van der Waals surface area contributed by atoms with Crippen molar-refractivity contribution in [2.45, 2.75) is 25.7 Å². The molecule has 0 aromatic carbocycles. The molecule has 0 aliphatic carbocycles. The van der Waals surface area contributed by atoms with Crippen molar-refractivity contribution < 1.29 is 19.3 Å². The number of aromatic nitrogens is 2. The second-order valence-corrected chi connectivity index (χ2v) is 3.25. The Morgan fingerprint density at radius 1 is 1.44 bits per heavy atom. The first kappa shape index (κ1) is 12.2. The quantitative estimate of drug-likeness (QED) is 0.678. The predicted molar refractivity (Wildman–Crippen MR) is 52.5 cm³/mol. The van der Waals surface area contributed by atoms with E-state index >= 15 is 0 Å². The maximum atomic E-state index is 11.2. The van der Waals surface area contributed by atoms with Crippen LogP contribution in [0.5, 0.6) is 0 Å². The number of nitrogens with zero attached hydrogens (tertiary/aromatic N) is 2. The van der Waals surface area contributed by atoms with E-state index in [0.29, 0.717) is 25.1 Å². The van der Waals surface area contributed by atoms with Gasteiger partial charge < -0.3 is 10.4 Å². The van der Waals surface area contributed by atoms with E-state index < -0.39 is 5.97 Å². The highest BCUT2D eigenvalue weighted by atomic mass is 16.6. The van der Waals surface area contributed by atoms with Crippen molar-refractivity contribution in [3.8, 4) is 0 Å². The van der Waals surface area contributed by atoms with Crippen LogP contribution in [0.3, 0.4) is 0 Å². The third kappa shape index (κ3) is 5.08. The Hall–Kier alpha value is -1.92. The number of carbonyl (C=O) groups excluding carboxylic acids is 1. The van der Waals surface area contributed by atoms with E-state index in [9.17, 15) is 9.59 Å². The lowest BCUT2D eigenvalue weighted by molar-refractivity contribution is -0.137. The Labute approximate surface area is 91.8 Å². The van der Waals surface area contributed by atoms with Crippen molar-refractivity contribution in [3.63, 3.8) is 0 Å². The van der Waals surface area contributed by atoms with E-state index in [2.05, 4.69) is 20.3 Å². The summed E-state index contributed by atoms with van der Waals surface area (Å²) in [6, 6.07) is 0. The molecule has 0 spiro atoms. The van der Waals surface area contributed by atoms with Crippen LogP contribution in [-0.2, 0) is 16.0 Å². The van der Waals surface area contributed by atoms with Crippen LogP contribution in [0.15, 0.2) is 10.8 Å². The maximum absolute atomic E-state index is 11.2. The number of rotatable bonds is 7. The molecule has 88 valence electrons. The number of nitrogens with one attached hydrogen (secondary N) is 1. The molecule has 0 fully saturated rings.